The molecule has 2 rings (SSSR count). The normalized spacial score (nSPS) is 9.86. The van der Waals surface area contributed by atoms with Gasteiger partial charge in [-0.1, -0.05) is 0 Å². The number of hydrogen-bond acceptors (Lipinski definition) is 4. The predicted molar refractivity (Wildman–Crippen MR) is 84.2 cm³/mol. The number of methoxy groups -OCH3 is 1. The van der Waals surface area contributed by atoms with E-state index >= 15 is 0 Å². The monoisotopic (exact) mass is 323 g/mol. The van der Waals surface area contributed by atoms with E-state index in [0.717, 1.165) is 17.0 Å². The lowest BCUT2D eigenvalue weighted by atomic mass is 10.1. The average Bonchev–Trinajstić information content (AvgIpc) is 2.49. The molecule has 0 aliphatic heterocycles. The van der Waals surface area contributed by atoms with Crippen LogP contribution in [0.15, 0.2) is 36.4 Å². The van der Waals surface area contributed by atoms with Gasteiger partial charge in [-0.15, -0.1) is 12.4 Å². The first-order valence-corrected chi connectivity index (χ1v) is 6.59. The Morgan fingerprint density at radius 2 is 1.95 bits per heavy atom. The van der Waals surface area contributed by atoms with Gasteiger partial charge in [0.15, 0.2) is 0 Å². The molecule has 0 aliphatic carbocycles. The van der Waals surface area contributed by atoms with Crippen molar-refractivity contribution in [3.63, 3.8) is 0 Å². The van der Waals surface area contributed by atoms with Gasteiger partial charge in [0, 0.05) is 18.5 Å². The number of nitrogens with zero attached hydrogens (tertiary/aromatic N) is 2. The predicted octanol–water partition coefficient (Wildman–Crippen LogP) is 2.32. The number of aryl methyl sites for hydroxylation is 1. The molecule has 0 atom stereocenters. The van der Waals surface area contributed by atoms with Crippen molar-refractivity contribution in [2.75, 3.05) is 7.11 Å². The largest absolute Gasteiger partial charge is 0.497 e. The summed E-state index contributed by atoms with van der Waals surface area (Å²) in [6, 6.07) is 10.9. The molecule has 0 amide bonds. The smallest absolute Gasteiger partial charge is 0.303 e. The second-order valence-electron chi connectivity index (χ2n) is 4.55. The lowest BCUT2D eigenvalue weighted by molar-refractivity contribution is -0.137. The molecule has 0 unspecified atom stereocenters. The molecule has 1 heterocycles. The summed E-state index contributed by atoms with van der Waals surface area (Å²) >= 11 is 0. The molecule has 6 nitrogen and oxygen atoms in total. The van der Waals surface area contributed by atoms with Crippen LogP contribution in [0.2, 0.25) is 0 Å². The second-order valence-corrected chi connectivity index (χ2v) is 4.55. The second kappa shape index (κ2) is 8.19. The van der Waals surface area contributed by atoms with Crippen molar-refractivity contribution in [1.82, 2.24) is 9.78 Å². The number of benzene rings is 1. The lowest BCUT2D eigenvalue weighted by Gasteiger charge is -2.08. The summed E-state index contributed by atoms with van der Waals surface area (Å²) in [4.78, 5) is 10.5. The van der Waals surface area contributed by atoms with Gasteiger partial charge < -0.3 is 9.84 Å². The summed E-state index contributed by atoms with van der Waals surface area (Å²) < 4.78 is 6.63. The number of hydrogen-bond donors (Lipinski definition) is 2. The van der Waals surface area contributed by atoms with E-state index < -0.39 is 5.97 Å². The van der Waals surface area contributed by atoms with E-state index in [2.05, 4.69) is 5.10 Å². The van der Waals surface area contributed by atoms with Crippen LogP contribution in [-0.2, 0) is 11.3 Å². The minimum atomic E-state index is -0.839. The Labute approximate surface area is 134 Å². The Bertz CT molecular complexity index is 683. The number of aromatic nitrogens is 2. The van der Waals surface area contributed by atoms with Crippen molar-refractivity contribution in [3.05, 3.63) is 41.9 Å². The van der Waals surface area contributed by atoms with Gasteiger partial charge in [-0.2, -0.15) is 5.10 Å². The van der Waals surface area contributed by atoms with E-state index in [4.69, 9.17) is 15.3 Å². The molecule has 0 aliphatic rings. The highest BCUT2D eigenvalue weighted by Crippen LogP contribution is 2.19. The number of carboxylic acid groups (broad SMARTS) is 1. The van der Waals surface area contributed by atoms with E-state index in [1.165, 1.54) is 4.68 Å². The van der Waals surface area contributed by atoms with Crippen LogP contribution in [0.1, 0.15) is 12.8 Å². The van der Waals surface area contributed by atoms with Crippen LogP contribution in [0.4, 0.5) is 0 Å². The minimum Gasteiger partial charge on any atom is -0.497 e. The van der Waals surface area contributed by atoms with Crippen LogP contribution in [0.25, 0.3) is 11.3 Å². The van der Waals surface area contributed by atoms with Gasteiger partial charge in [0.1, 0.15) is 11.2 Å². The molecule has 0 spiro atoms. The third-order valence-electron chi connectivity index (χ3n) is 3.05. The van der Waals surface area contributed by atoms with Gasteiger partial charge in [-0.3, -0.25) is 10.2 Å². The van der Waals surface area contributed by atoms with Crippen molar-refractivity contribution in [2.45, 2.75) is 19.4 Å². The maximum Gasteiger partial charge on any atom is 0.303 e. The van der Waals surface area contributed by atoms with Crippen molar-refractivity contribution in [1.29, 1.82) is 5.41 Å². The Kier molecular flexibility index (Phi) is 6.59. The third-order valence-corrected chi connectivity index (χ3v) is 3.05. The maximum atomic E-state index is 10.5. The van der Waals surface area contributed by atoms with Gasteiger partial charge in [-0.25, -0.2) is 4.68 Å². The van der Waals surface area contributed by atoms with Crippen LogP contribution in [0.5, 0.6) is 5.75 Å². The number of ether oxygens (including phenoxy) is 1. The first kappa shape index (κ1) is 17.7. The molecule has 118 valence electrons. The molecule has 2 N–H and O–H groups in total. The summed E-state index contributed by atoms with van der Waals surface area (Å²) in [7, 11) is 1.61. The first-order valence-electron chi connectivity index (χ1n) is 6.59. The van der Waals surface area contributed by atoms with Crippen LogP contribution in [0.3, 0.4) is 0 Å². The van der Waals surface area contributed by atoms with E-state index in [0.29, 0.717) is 13.0 Å². The van der Waals surface area contributed by atoms with Crippen LogP contribution in [0, 0.1) is 5.41 Å². The SMILES string of the molecule is COc1ccc(-c2ccc(=N)n(CCCC(=O)O)n2)cc1.Cl. The van der Waals surface area contributed by atoms with Gasteiger partial charge in [0.2, 0.25) is 0 Å². The summed E-state index contributed by atoms with van der Waals surface area (Å²) in [5, 5.41) is 20.9. The zero-order valence-corrected chi connectivity index (χ0v) is 13.0. The zero-order chi connectivity index (χ0) is 15.2. The molecule has 0 saturated heterocycles. The zero-order valence-electron chi connectivity index (χ0n) is 12.2. The average molecular weight is 324 g/mol. The lowest BCUT2D eigenvalue weighted by Crippen LogP contribution is -2.22. The highest BCUT2D eigenvalue weighted by Gasteiger charge is 2.04. The Hall–Kier alpha value is -2.34. The number of carboxylic acids is 1. The highest BCUT2D eigenvalue weighted by atomic mass is 35.5. The number of nitrogens with one attached hydrogen (secondary N) is 1. The van der Waals surface area contributed by atoms with Crippen molar-refractivity contribution < 1.29 is 14.6 Å². The molecule has 0 bridgehead atoms. The number of aliphatic carboxylic acids is 1. The van der Waals surface area contributed by atoms with Crippen LogP contribution < -0.4 is 10.2 Å². The number of rotatable bonds is 6. The summed E-state index contributed by atoms with van der Waals surface area (Å²) in [5.41, 5.74) is 1.92. The number of halogens is 1. The topological polar surface area (TPSA) is 88.2 Å². The molecule has 1 aromatic heterocycles. The van der Waals surface area contributed by atoms with Crippen molar-refractivity contribution in [3.8, 4) is 17.0 Å². The Morgan fingerprint density at radius 1 is 1.27 bits per heavy atom. The van der Waals surface area contributed by atoms with Crippen LogP contribution in [-0.4, -0.2) is 28.0 Å². The fourth-order valence-corrected chi connectivity index (χ4v) is 1.93. The van der Waals surface area contributed by atoms with Crippen molar-refractivity contribution >= 4 is 18.4 Å². The Balaban J connectivity index is 0.00000242. The van der Waals surface area contributed by atoms with Gasteiger partial charge in [0.05, 0.1) is 12.8 Å². The summed E-state index contributed by atoms with van der Waals surface area (Å²) in [6.45, 7) is 0.412. The Morgan fingerprint density at radius 3 is 2.55 bits per heavy atom. The summed E-state index contributed by atoms with van der Waals surface area (Å²) in [6.07, 6.45) is 0.520. The molecule has 7 heteroatoms. The molecular formula is C15H18ClN3O3. The van der Waals surface area contributed by atoms with Crippen molar-refractivity contribution in [2.24, 2.45) is 0 Å². The molecule has 2 aromatic rings. The molecule has 0 fully saturated rings. The minimum absolute atomic E-state index is 0. The van der Waals surface area contributed by atoms with Gasteiger partial charge in [-0.05, 0) is 42.8 Å². The number of carbonyl (C=O) groups is 1. The van der Waals surface area contributed by atoms with E-state index in [9.17, 15) is 4.79 Å². The molecule has 1 aromatic carbocycles. The quantitative estimate of drug-likeness (QED) is 0.854. The van der Waals surface area contributed by atoms with Gasteiger partial charge >= 0.3 is 5.97 Å². The maximum absolute atomic E-state index is 10.5. The fourth-order valence-electron chi connectivity index (χ4n) is 1.93. The van der Waals surface area contributed by atoms with E-state index in [1.807, 2.05) is 24.3 Å². The fraction of sp³-hybridized carbons (Fsp3) is 0.267. The highest BCUT2D eigenvalue weighted by molar-refractivity contribution is 5.85. The van der Waals surface area contributed by atoms with Gasteiger partial charge in [0.25, 0.3) is 0 Å². The van der Waals surface area contributed by atoms with E-state index in [1.54, 1.807) is 19.2 Å². The third kappa shape index (κ3) is 4.60. The molecule has 0 radical (unpaired) electrons. The molecular weight excluding hydrogens is 306 g/mol. The van der Waals surface area contributed by atoms with E-state index in [-0.39, 0.29) is 24.3 Å². The summed E-state index contributed by atoms with van der Waals surface area (Å²) in [5.74, 6) is -0.0707. The molecule has 22 heavy (non-hydrogen) atoms. The first-order chi connectivity index (χ1) is 10.1. The van der Waals surface area contributed by atoms with Crippen LogP contribution >= 0.6 is 12.4 Å². The standard InChI is InChI=1S/C15H17N3O3.ClH/c1-21-12-6-4-11(5-7-12)13-8-9-14(16)18(17-13)10-2-3-15(19)20;/h4-9,16H,2-3,10H2,1H3,(H,19,20);1H. The molecule has 0 saturated carbocycles.